The van der Waals surface area contributed by atoms with Crippen molar-refractivity contribution in [3.63, 3.8) is 0 Å². The van der Waals surface area contributed by atoms with E-state index in [9.17, 15) is 8.42 Å². The van der Waals surface area contributed by atoms with Crippen LogP contribution in [0.3, 0.4) is 0 Å². The van der Waals surface area contributed by atoms with Crippen molar-refractivity contribution in [1.82, 2.24) is 0 Å². The molecule has 0 aliphatic heterocycles. The molecule has 0 N–H and O–H groups in total. The van der Waals surface area contributed by atoms with Crippen LogP contribution in [0.4, 0.5) is 0 Å². The largest absolute Gasteiger partial charge is 0.400 e. The third kappa shape index (κ3) is 26.7. The Morgan fingerprint density at radius 1 is 0.429 bits per heavy atom. The van der Waals surface area contributed by atoms with Crippen molar-refractivity contribution in [2.75, 3.05) is 0 Å². The van der Waals surface area contributed by atoms with Crippen LogP contribution in [0.15, 0.2) is 0 Å². The van der Waals surface area contributed by atoms with Gasteiger partial charge in [0.15, 0.2) is 0 Å². The van der Waals surface area contributed by atoms with Gasteiger partial charge in [-0.25, -0.2) is 8.37 Å². The Kier molecular flexibility index (Phi) is 25.4. The first-order chi connectivity index (χ1) is 16.9. The molecule has 0 fully saturated rings. The molecule has 212 valence electrons. The molecular weight excluding hydrogens is 456 g/mol. The summed E-state index contributed by atoms with van der Waals surface area (Å²) in [6.45, 7) is 8.20. The molecule has 0 saturated carbocycles. The summed E-state index contributed by atoms with van der Waals surface area (Å²) in [4.78, 5) is 0. The van der Waals surface area contributed by atoms with Crippen LogP contribution in [-0.2, 0) is 18.8 Å². The van der Waals surface area contributed by atoms with Gasteiger partial charge in [0.1, 0.15) is 0 Å². The fraction of sp³-hybridized carbons (Fsp3) is 1.00. The highest BCUT2D eigenvalue weighted by Crippen LogP contribution is 2.17. The maximum atomic E-state index is 12.2. The first-order valence-electron chi connectivity index (χ1n) is 15.5. The minimum Gasteiger partial charge on any atom is -0.245 e. The molecule has 0 rings (SSSR count). The number of unbranched alkanes of at least 4 members (excludes halogenated alkanes) is 20. The van der Waals surface area contributed by atoms with E-state index >= 15 is 0 Å². The molecule has 0 aliphatic rings. The van der Waals surface area contributed by atoms with E-state index in [1.165, 1.54) is 116 Å². The van der Waals surface area contributed by atoms with Crippen molar-refractivity contribution >= 4 is 10.4 Å². The van der Waals surface area contributed by atoms with Crippen molar-refractivity contribution in [2.45, 2.75) is 194 Å². The van der Waals surface area contributed by atoms with E-state index in [1.54, 1.807) is 0 Å². The Morgan fingerprint density at radius 2 is 0.657 bits per heavy atom. The third-order valence-electron chi connectivity index (χ3n) is 6.99. The van der Waals surface area contributed by atoms with Crippen LogP contribution in [0.1, 0.15) is 182 Å². The number of rotatable bonds is 28. The van der Waals surface area contributed by atoms with Gasteiger partial charge in [-0.15, -0.1) is 0 Å². The lowest BCUT2D eigenvalue weighted by Gasteiger charge is -2.16. The zero-order valence-corrected chi connectivity index (χ0v) is 25.0. The minimum atomic E-state index is -3.91. The maximum Gasteiger partial charge on any atom is 0.400 e. The summed E-state index contributed by atoms with van der Waals surface area (Å²) in [5, 5.41) is 0. The second-order valence-electron chi connectivity index (χ2n) is 10.9. The zero-order chi connectivity index (χ0) is 26.0. The molecule has 0 spiro atoms. The maximum absolute atomic E-state index is 12.2. The van der Waals surface area contributed by atoms with Crippen molar-refractivity contribution in [2.24, 2.45) is 0 Å². The van der Waals surface area contributed by atoms with Crippen molar-refractivity contribution in [3.8, 4) is 0 Å². The van der Waals surface area contributed by atoms with Gasteiger partial charge >= 0.3 is 10.4 Å². The molecule has 0 aromatic heterocycles. The topological polar surface area (TPSA) is 52.6 Å². The molecule has 0 bridgehead atoms. The Labute approximate surface area is 221 Å². The van der Waals surface area contributed by atoms with Crippen LogP contribution in [0.25, 0.3) is 0 Å². The van der Waals surface area contributed by atoms with Gasteiger partial charge in [-0.1, -0.05) is 155 Å². The first-order valence-corrected chi connectivity index (χ1v) is 16.9. The minimum absolute atomic E-state index is 0.312. The van der Waals surface area contributed by atoms with Gasteiger partial charge in [0.05, 0.1) is 12.2 Å². The third-order valence-corrected chi connectivity index (χ3v) is 8.12. The SMILES string of the molecule is CCCCCCCCCCCCCC(C)OS(=O)(=O)OC(C)CCCCCCCCCCCCC. The Balaban J connectivity index is 3.61. The molecule has 5 heteroatoms. The lowest BCUT2D eigenvalue weighted by molar-refractivity contribution is 0.127. The number of hydrogen-bond donors (Lipinski definition) is 0. The summed E-state index contributed by atoms with van der Waals surface area (Å²) in [7, 11) is -3.91. The van der Waals surface area contributed by atoms with Crippen molar-refractivity contribution in [1.29, 1.82) is 0 Å². The fourth-order valence-electron chi connectivity index (χ4n) is 4.71. The van der Waals surface area contributed by atoms with Crippen LogP contribution >= 0.6 is 0 Å². The van der Waals surface area contributed by atoms with Crippen LogP contribution in [-0.4, -0.2) is 20.6 Å². The summed E-state index contributed by atoms with van der Waals surface area (Å²) in [5.41, 5.74) is 0. The summed E-state index contributed by atoms with van der Waals surface area (Å²) in [6.07, 6.45) is 29.4. The molecule has 0 radical (unpaired) electrons. The molecule has 2 atom stereocenters. The molecule has 0 heterocycles. The molecular formula is C30H62O4S. The van der Waals surface area contributed by atoms with E-state index in [2.05, 4.69) is 13.8 Å². The molecule has 35 heavy (non-hydrogen) atoms. The second-order valence-corrected chi connectivity index (χ2v) is 12.1. The van der Waals surface area contributed by atoms with Crippen molar-refractivity contribution < 1.29 is 16.8 Å². The lowest BCUT2D eigenvalue weighted by atomic mass is 10.0. The van der Waals surface area contributed by atoms with Crippen LogP contribution in [0, 0.1) is 0 Å². The van der Waals surface area contributed by atoms with E-state index in [4.69, 9.17) is 8.37 Å². The van der Waals surface area contributed by atoms with Gasteiger partial charge in [0.25, 0.3) is 0 Å². The predicted molar refractivity (Wildman–Crippen MR) is 152 cm³/mol. The highest BCUT2D eigenvalue weighted by atomic mass is 32.3. The van der Waals surface area contributed by atoms with E-state index in [0.29, 0.717) is 0 Å². The molecule has 2 unspecified atom stereocenters. The van der Waals surface area contributed by atoms with Gasteiger partial charge in [-0.05, 0) is 26.7 Å². The van der Waals surface area contributed by atoms with E-state index in [1.807, 2.05) is 13.8 Å². The Morgan fingerprint density at radius 3 is 0.914 bits per heavy atom. The fourth-order valence-corrected chi connectivity index (χ4v) is 5.76. The predicted octanol–water partition coefficient (Wildman–Crippen LogP) is 10.4. The Bertz CT molecular complexity index is 480. The lowest BCUT2D eigenvalue weighted by Crippen LogP contribution is -2.22. The average Bonchev–Trinajstić information content (AvgIpc) is 2.80. The van der Waals surface area contributed by atoms with Crippen LogP contribution in [0.2, 0.25) is 0 Å². The Hall–Kier alpha value is -0.130. The molecule has 0 amide bonds. The molecule has 0 aromatic rings. The monoisotopic (exact) mass is 518 g/mol. The molecule has 0 saturated heterocycles. The highest BCUT2D eigenvalue weighted by molar-refractivity contribution is 7.81. The first kappa shape index (κ1) is 34.9. The molecule has 0 aliphatic carbocycles. The van der Waals surface area contributed by atoms with Crippen LogP contribution in [0.5, 0.6) is 0 Å². The smallest absolute Gasteiger partial charge is 0.245 e. The summed E-state index contributed by atoms with van der Waals surface area (Å²) in [6, 6.07) is 0. The second kappa shape index (κ2) is 25.5. The normalized spacial score (nSPS) is 13.8. The van der Waals surface area contributed by atoms with E-state index in [-0.39, 0.29) is 12.2 Å². The van der Waals surface area contributed by atoms with Gasteiger partial charge in [0.2, 0.25) is 0 Å². The summed E-state index contributed by atoms with van der Waals surface area (Å²) < 4.78 is 34.9. The highest BCUT2D eigenvalue weighted by Gasteiger charge is 2.20. The van der Waals surface area contributed by atoms with E-state index < -0.39 is 10.4 Å². The summed E-state index contributed by atoms with van der Waals surface area (Å²) in [5.74, 6) is 0. The number of hydrogen-bond acceptors (Lipinski definition) is 4. The standard InChI is InChI=1S/C30H62O4S/c1-5-7-9-11-13-15-17-19-21-23-25-27-29(3)33-35(31,32)34-30(4)28-26-24-22-20-18-16-14-12-10-8-6-2/h29-30H,5-28H2,1-4H3. The zero-order valence-electron chi connectivity index (χ0n) is 24.2. The molecule has 0 aromatic carbocycles. The van der Waals surface area contributed by atoms with Gasteiger partial charge in [0, 0.05) is 0 Å². The van der Waals surface area contributed by atoms with Gasteiger partial charge < -0.3 is 0 Å². The van der Waals surface area contributed by atoms with Gasteiger partial charge in [-0.2, -0.15) is 8.42 Å². The van der Waals surface area contributed by atoms with Crippen LogP contribution < -0.4 is 0 Å². The van der Waals surface area contributed by atoms with Crippen molar-refractivity contribution in [3.05, 3.63) is 0 Å². The van der Waals surface area contributed by atoms with E-state index in [0.717, 1.165) is 38.5 Å². The van der Waals surface area contributed by atoms with Gasteiger partial charge in [-0.3, -0.25) is 0 Å². The molecule has 4 nitrogen and oxygen atoms in total. The average molecular weight is 519 g/mol. The summed E-state index contributed by atoms with van der Waals surface area (Å²) >= 11 is 0. The quantitative estimate of drug-likeness (QED) is 0.0966.